The van der Waals surface area contributed by atoms with Crippen LogP contribution >= 0.6 is 8.69 Å². The van der Waals surface area contributed by atoms with E-state index in [1.807, 2.05) is 0 Å². The fraction of sp³-hybridized carbons (Fsp3) is 1.00. The maximum absolute atomic E-state index is 9.05. The quantitative estimate of drug-likeness (QED) is 0.434. The van der Waals surface area contributed by atoms with Gasteiger partial charge in [0.15, 0.2) is 0 Å². The highest BCUT2D eigenvalue weighted by Crippen LogP contribution is 1.83. The van der Waals surface area contributed by atoms with Crippen molar-refractivity contribution in [3.8, 4) is 0 Å². The summed E-state index contributed by atoms with van der Waals surface area (Å²) in [6.45, 7) is 0. The molecule has 0 fully saturated rings. The van der Waals surface area contributed by atoms with Gasteiger partial charge in [-0.25, -0.2) is 4.57 Å². The van der Waals surface area contributed by atoms with Crippen molar-refractivity contribution in [3.63, 3.8) is 0 Å². The second kappa shape index (κ2) is 3.06. The molecule has 0 N–H and O–H groups in total. The molecule has 0 unspecified atom stereocenters. The van der Waals surface area contributed by atoms with Crippen molar-refractivity contribution in [1.82, 2.24) is 0 Å². The molecule has 0 amide bonds. The molecule has 0 rings (SSSR count). The summed E-state index contributed by atoms with van der Waals surface area (Å²) in [4.78, 5) is 0. The summed E-state index contributed by atoms with van der Waals surface area (Å²) in [5.41, 5.74) is 0. The Bertz CT molecular complexity index is 20.0. The second-order valence-electron chi connectivity index (χ2n) is 0.257. The molecule has 0 saturated carbocycles. The Kier molecular flexibility index (Phi) is 3.11. The zero-order valence-electron chi connectivity index (χ0n) is 2.26. The number of rotatable bonds is 1. The molecule has 0 radical (unpaired) electrons. The Balaban J connectivity index is 2.30. The molecule has 0 aromatic heterocycles. The van der Waals surface area contributed by atoms with E-state index >= 15 is 0 Å². The SMILES string of the molecule is COP=O. The zero-order valence-corrected chi connectivity index (χ0v) is 3.16. The summed E-state index contributed by atoms with van der Waals surface area (Å²) in [7, 11) is 1.10. The first-order valence-electron chi connectivity index (χ1n) is 0.773. The lowest BCUT2D eigenvalue weighted by atomic mass is 11.8. The van der Waals surface area contributed by atoms with Crippen molar-refractivity contribution in [2.45, 2.75) is 0 Å². The normalized spacial score (nSPS) is 8.25. The summed E-state index contributed by atoms with van der Waals surface area (Å²) in [5, 5.41) is 0. The van der Waals surface area contributed by atoms with Crippen LogP contribution in [0.25, 0.3) is 0 Å². The topological polar surface area (TPSA) is 26.3 Å². The third kappa shape index (κ3) is 2.06. The monoisotopic (exact) mass is 78.0 g/mol. The highest BCUT2D eigenvalue weighted by Gasteiger charge is 1.51. The molecule has 0 aromatic rings. The minimum Gasteiger partial charge on any atom is -0.298 e. The maximum atomic E-state index is 9.05. The highest BCUT2D eigenvalue weighted by molar-refractivity contribution is 7.17. The zero-order chi connectivity index (χ0) is 3.41. The van der Waals surface area contributed by atoms with E-state index in [0.717, 1.165) is 0 Å². The van der Waals surface area contributed by atoms with E-state index in [2.05, 4.69) is 4.52 Å². The van der Waals surface area contributed by atoms with Crippen LogP contribution in [0.1, 0.15) is 0 Å². The molecule has 0 spiro atoms. The van der Waals surface area contributed by atoms with Gasteiger partial charge in [-0.2, -0.15) is 0 Å². The molecule has 0 atom stereocenters. The molecule has 3 heteroatoms. The minimum absolute atomic E-state index is 0.252. The molecule has 24 valence electrons. The molecule has 2 nitrogen and oxygen atoms in total. The van der Waals surface area contributed by atoms with Crippen molar-refractivity contribution >= 4 is 8.69 Å². The summed E-state index contributed by atoms with van der Waals surface area (Å²) >= 11 is 0. The van der Waals surface area contributed by atoms with Crippen LogP contribution in [0, 0.1) is 0 Å². The van der Waals surface area contributed by atoms with Crippen molar-refractivity contribution in [2.24, 2.45) is 0 Å². The smallest absolute Gasteiger partial charge is 0.298 e. The Morgan fingerprint density at radius 2 is 2.25 bits per heavy atom. The fourth-order valence-electron chi connectivity index (χ4n) is 0. The molecule has 0 aromatic carbocycles. The van der Waals surface area contributed by atoms with Crippen LogP contribution in [0.2, 0.25) is 0 Å². The lowest BCUT2D eigenvalue weighted by molar-refractivity contribution is 0.433. The number of hydrogen-bond acceptors (Lipinski definition) is 2. The lowest BCUT2D eigenvalue weighted by Gasteiger charge is -1.57. The van der Waals surface area contributed by atoms with Gasteiger partial charge in [-0.1, -0.05) is 0 Å². The van der Waals surface area contributed by atoms with E-state index in [4.69, 9.17) is 4.57 Å². The fourth-order valence-corrected chi connectivity index (χ4v) is 0. The van der Waals surface area contributed by atoms with Crippen molar-refractivity contribution in [2.75, 3.05) is 7.11 Å². The molecule has 0 aliphatic carbocycles. The summed E-state index contributed by atoms with van der Waals surface area (Å²) in [6, 6.07) is 0. The maximum Gasteiger partial charge on any atom is 0.327 e. The van der Waals surface area contributed by atoms with E-state index in [-0.39, 0.29) is 8.69 Å². The Hall–Kier alpha value is 0.0600. The minimum atomic E-state index is -0.252. The van der Waals surface area contributed by atoms with E-state index in [1.54, 1.807) is 0 Å². The third-order valence-corrected chi connectivity index (χ3v) is 0.224. The lowest BCUT2D eigenvalue weighted by Crippen LogP contribution is -1.42. The molecular weight excluding hydrogens is 75.0 g/mol. The van der Waals surface area contributed by atoms with Crippen LogP contribution < -0.4 is 0 Å². The van der Waals surface area contributed by atoms with Crippen LogP contribution in [0.4, 0.5) is 0 Å². The van der Waals surface area contributed by atoms with Crippen LogP contribution in [-0.2, 0) is 9.09 Å². The van der Waals surface area contributed by atoms with Crippen LogP contribution in [-0.4, -0.2) is 7.11 Å². The Morgan fingerprint density at radius 3 is 2.25 bits per heavy atom. The van der Waals surface area contributed by atoms with E-state index in [0.29, 0.717) is 0 Å². The van der Waals surface area contributed by atoms with Gasteiger partial charge in [0.2, 0.25) is 0 Å². The van der Waals surface area contributed by atoms with Gasteiger partial charge in [0.25, 0.3) is 0 Å². The molecule has 0 saturated heterocycles. The summed E-state index contributed by atoms with van der Waals surface area (Å²) in [5.74, 6) is 0. The van der Waals surface area contributed by atoms with Gasteiger partial charge in [-0.05, 0) is 0 Å². The van der Waals surface area contributed by atoms with Gasteiger partial charge in [-0.15, -0.1) is 0 Å². The van der Waals surface area contributed by atoms with Crippen LogP contribution in [0.3, 0.4) is 0 Å². The number of hydrogen-bond donors (Lipinski definition) is 0. The van der Waals surface area contributed by atoms with E-state index in [9.17, 15) is 0 Å². The first kappa shape index (κ1) is 4.06. The third-order valence-electron chi connectivity index (χ3n) is 0.0745. The Labute approximate surface area is 26.1 Å². The van der Waals surface area contributed by atoms with Gasteiger partial charge in [0, 0.05) is 7.11 Å². The van der Waals surface area contributed by atoms with Gasteiger partial charge in [0.1, 0.15) is 0 Å². The molecule has 0 heterocycles. The predicted molar refractivity (Wildman–Crippen MR) is 14.6 cm³/mol. The van der Waals surface area contributed by atoms with E-state index in [1.165, 1.54) is 7.11 Å². The predicted octanol–water partition coefficient (Wildman–Crippen LogP) is 0.839. The van der Waals surface area contributed by atoms with Crippen molar-refractivity contribution in [3.05, 3.63) is 0 Å². The summed E-state index contributed by atoms with van der Waals surface area (Å²) in [6.07, 6.45) is 0. The average Bonchev–Trinajstić information content (AvgIpc) is 1.37. The second-order valence-corrected chi connectivity index (χ2v) is 0.771. The standard InChI is InChI=1S/CH3O2P/c1-3-4-2/h1H3. The van der Waals surface area contributed by atoms with Crippen LogP contribution in [0.5, 0.6) is 0 Å². The molecule has 0 bridgehead atoms. The average molecular weight is 78.0 g/mol. The molecule has 4 heavy (non-hydrogen) atoms. The highest BCUT2D eigenvalue weighted by atomic mass is 31.1. The van der Waals surface area contributed by atoms with E-state index < -0.39 is 0 Å². The molecule has 0 aliphatic heterocycles. The van der Waals surface area contributed by atoms with Gasteiger partial charge in [-0.3, -0.25) is 4.52 Å². The summed E-state index contributed by atoms with van der Waals surface area (Å²) < 4.78 is 13.0. The first-order chi connectivity index (χ1) is 1.91. The van der Waals surface area contributed by atoms with Crippen molar-refractivity contribution < 1.29 is 9.09 Å². The molecular formula is CH3O2P. The van der Waals surface area contributed by atoms with Gasteiger partial charge < -0.3 is 0 Å². The van der Waals surface area contributed by atoms with Crippen molar-refractivity contribution in [1.29, 1.82) is 0 Å². The van der Waals surface area contributed by atoms with Crippen LogP contribution in [0.15, 0.2) is 0 Å². The van der Waals surface area contributed by atoms with Gasteiger partial charge >= 0.3 is 8.69 Å². The van der Waals surface area contributed by atoms with Gasteiger partial charge in [0.05, 0.1) is 0 Å². The molecule has 0 aliphatic rings. The first-order valence-corrected chi connectivity index (χ1v) is 1.50. The Morgan fingerprint density at radius 1 is 2.00 bits per heavy atom. The largest absolute Gasteiger partial charge is 0.327 e.